The first-order chi connectivity index (χ1) is 12.7. The van der Waals surface area contributed by atoms with Crippen molar-refractivity contribution in [3.63, 3.8) is 0 Å². The van der Waals surface area contributed by atoms with Crippen molar-refractivity contribution in [3.05, 3.63) is 52.3 Å². The minimum atomic E-state index is 0.668. The van der Waals surface area contributed by atoms with Crippen LogP contribution in [0.15, 0.2) is 30.3 Å². The topological polar surface area (TPSA) is 24.3 Å². The van der Waals surface area contributed by atoms with Gasteiger partial charge in [-0.1, -0.05) is 41.9 Å². The summed E-state index contributed by atoms with van der Waals surface area (Å²) in [6, 6.07) is 11.1. The van der Waals surface area contributed by atoms with Crippen LogP contribution in [0.25, 0.3) is 0 Å². The van der Waals surface area contributed by atoms with E-state index in [1.54, 1.807) is 0 Å². The molecule has 2 aliphatic rings. The van der Waals surface area contributed by atoms with Gasteiger partial charge in [-0.2, -0.15) is 5.10 Å². The summed E-state index contributed by atoms with van der Waals surface area (Å²) in [5.41, 5.74) is 3.50. The average Bonchev–Trinajstić information content (AvgIpc) is 3.36. The molecule has 0 bridgehead atoms. The molecule has 2 aliphatic heterocycles. The van der Waals surface area contributed by atoms with Crippen LogP contribution >= 0.6 is 11.6 Å². The normalized spacial score (nSPS) is 21.7. The highest BCUT2D eigenvalue weighted by Crippen LogP contribution is 2.27. The van der Waals surface area contributed by atoms with Gasteiger partial charge in [-0.05, 0) is 57.8 Å². The van der Waals surface area contributed by atoms with Crippen molar-refractivity contribution in [1.82, 2.24) is 19.6 Å². The lowest BCUT2D eigenvalue weighted by molar-refractivity contribution is 0.185. The lowest BCUT2D eigenvalue weighted by Crippen LogP contribution is -2.39. The highest BCUT2D eigenvalue weighted by atomic mass is 35.5. The van der Waals surface area contributed by atoms with Crippen molar-refractivity contribution in [2.24, 2.45) is 0 Å². The first kappa shape index (κ1) is 18.0. The second-order valence-corrected chi connectivity index (χ2v) is 8.13. The predicted molar refractivity (Wildman–Crippen MR) is 107 cm³/mol. The van der Waals surface area contributed by atoms with Crippen LogP contribution in [0.1, 0.15) is 42.5 Å². The summed E-state index contributed by atoms with van der Waals surface area (Å²) in [7, 11) is 0. The number of hydrogen-bond acceptors (Lipinski definition) is 3. The van der Waals surface area contributed by atoms with Crippen LogP contribution in [0.4, 0.5) is 0 Å². The summed E-state index contributed by atoms with van der Waals surface area (Å²) in [5, 5.41) is 5.53. The molecule has 2 fully saturated rings. The fourth-order valence-electron chi connectivity index (χ4n) is 4.41. The summed E-state index contributed by atoms with van der Waals surface area (Å²) in [4.78, 5) is 5.26. The summed E-state index contributed by atoms with van der Waals surface area (Å²) in [5.74, 6) is 0. The molecule has 0 radical (unpaired) electrons. The molecule has 0 aliphatic carbocycles. The summed E-state index contributed by atoms with van der Waals surface area (Å²) in [6.45, 7) is 8.70. The first-order valence-electron chi connectivity index (χ1n) is 9.93. The van der Waals surface area contributed by atoms with Gasteiger partial charge < -0.3 is 4.90 Å². The van der Waals surface area contributed by atoms with Gasteiger partial charge in [-0.3, -0.25) is 4.90 Å². The fraction of sp³-hybridized carbons (Fsp3) is 0.571. The highest BCUT2D eigenvalue weighted by Gasteiger charge is 2.29. The van der Waals surface area contributed by atoms with Crippen LogP contribution in [0.2, 0.25) is 5.15 Å². The van der Waals surface area contributed by atoms with E-state index in [0.717, 1.165) is 23.9 Å². The Morgan fingerprint density at radius 3 is 2.58 bits per heavy atom. The predicted octanol–water partition coefficient (Wildman–Crippen LogP) is 3.95. The molecule has 0 saturated carbocycles. The Hall–Kier alpha value is -1.36. The third-order valence-electron chi connectivity index (χ3n) is 5.89. The molecule has 26 heavy (non-hydrogen) atoms. The van der Waals surface area contributed by atoms with Crippen LogP contribution < -0.4 is 0 Å². The molecule has 1 aromatic heterocycles. The molecule has 4 nitrogen and oxygen atoms in total. The Kier molecular flexibility index (Phi) is 5.63. The van der Waals surface area contributed by atoms with E-state index in [1.807, 2.05) is 10.7 Å². The largest absolute Gasteiger partial charge is 0.302 e. The van der Waals surface area contributed by atoms with Gasteiger partial charge in [0.1, 0.15) is 5.15 Å². The summed E-state index contributed by atoms with van der Waals surface area (Å²) >= 11 is 6.74. The van der Waals surface area contributed by atoms with Crippen molar-refractivity contribution in [2.45, 2.75) is 51.7 Å². The maximum absolute atomic E-state index is 6.74. The number of aryl methyl sites for hydroxylation is 1. The molecule has 0 amide bonds. The average molecular weight is 373 g/mol. The number of hydrogen-bond donors (Lipinski definition) is 0. The molecule has 2 aromatic rings. The van der Waals surface area contributed by atoms with E-state index in [-0.39, 0.29) is 0 Å². The number of nitrogens with zero attached hydrogens (tertiary/aromatic N) is 4. The second-order valence-electron chi connectivity index (χ2n) is 7.77. The maximum atomic E-state index is 6.74. The number of halogens is 1. The molecule has 2 saturated heterocycles. The molecule has 1 aromatic carbocycles. The number of likely N-dealkylation sites (tertiary alicyclic amines) is 2. The minimum absolute atomic E-state index is 0.668. The monoisotopic (exact) mass is 372 g/mol. The Bertz CT molecular complexity index is 721. The van der Waals surface area contributed by atoms with E-state index in [0.29, 0.717) is 6.04 Å². The summed E-state index contributed by atoms with van der Waals surface area (Å²) in [6.07, 6.45) is 5.34. The van der Waals surface area contributed by atoms with Gasteiger partial charge in [0.05, 0.1) is 12.2 Å². The fourth-order valence-corrected chi connectivity index (χ4v) is 4.70. The van der Waals surface area contributed by atoms with Gasteiger partial charge in [0.15, 0.2) is 0 Å². The van der Waals surface area contributed by atoms with Crippen LogP contribution in [-0.2, 0) is 13.1 Å². The van der Waals surface area contributed by atoms with Gasteiger partial charge in [0.2, 0.25) is 0 Å². The number of benzene rings is 1. The molecule has 5 heteroatoms. The zero-order valence-electron chi connectivity index (χ0n) is 15.7. The lowest BCUT2D eigenvalue weighted by atomic mass is 10.2. The van der Waals surface area contributed by atoms with Crippen LogP contribution in [0, 0.1) is 6.92 Å². The van der Waals surface area contributed by atoms with E-state index in [1.165, 1.54) is 63.0 Å². The van der Waals surface area contributed by atoms with Gasteiger partial charge in [-0.15, -0.1) is 0 Å². The van der Waals surface area contributed by atoms with E-state index >= 15 is 0 Å². The quantitative estimate of drug-likeness (QED) is 0.767. The molecule has 3 heterocycles. The third-order valence-corrected chi connectivity index (χ3v) is 6.31. The third kappa shape index (κ3) is 3.98. The van der Waals surface area contributed by atoms with Crippen molar-refractivity contribution >= 4 is 11.6 Å². The van der Waals surface area contributed by atoms with Crippen LogP contribution in [0.3, 0.4) is 0 Å². The van der Waals surface area contributed by atoms with Crippen LogP contribution in [0.5, 0.6) is 0 Å². The molecule has 1 unspecified atom stereocenters. The zero-order valence-corrected chi connectivity index (χ0v) is 16.5. The Morgan fingerprint density at radius 1 is 1.04 bits per heavy atom. The van der Waals surface area contributed by atoms with E-state index in [2.05, 4.69) is 41.0 Å². The molecule has 0 N–H and O–H groups in total. The molecule has 0 spiro atoms. The molecule has 140 valence electrons. The van der Waals surface area contributed by atoms with Crippen molar-refractivity contribution < 1.29 is 0 Å². The zero-order chi connectivity index (χ0) is 17.9. The molecule has 1 atom stereocenters. The SMILES string of the molecule is Cc1nn(Cc2ccccc2)c(Cl)c1CN1CCCC1CN1CCCC1. The first-order valence-corrected chi connectivity index (χ1v) is 10.3. The Balaban J connectivity index is 1.45. The highest BCUT2D eigenvalue weighted by molar-refractivity contribution is 6.30. The lowest BCUT2D eigenvalue weighted by Gasteiger charge is -2.28. The molecular formula is C21H29ClN4. The van der Waals surface area contributed by atoms with E-state index < -0.39 is 0 Å². The maximum Gasteiger partial charge on any atom is 0.132 e. The minimum Gasteiger partial charge on any atom is -0.302 e. The Labute approximate surface area is 161 Å². The van der Waals surface area contributed by atoms with Crippen molar-refractivity contribution in [3.8, 4) is 0 Å². The van der Waals surface area contributed by atoms with E-state index in [4.69, 9.17) is 16.7 Å². The molecular weight excluding hydrogens is 344 g/mol. The number of rotatable bonds is 6. The van der Waals surface area contributed by atoms with Crippen LogP contribution in [-0.4, -0.2) is 51.8 Å². The smallest absolute Gasteiger partial charge is 0.132 e. The van der Waals surface area contributed by atoms with Crippen molar-refractivity contribution in [2.75, 3.05) is 26.2 Å². The summed E-state index contributed by atoms with van der Waals surface area (Å²) < 4.78 is 1.95. The number of aromatic nitrogens is 2. The second kappa shape index (κ2) is 8.12. The van der Waals surface area contributed by atoms with Gasteiger partial charge in [0.25, 0.3) is 0 Å². The van der Waals surface area contributed by atoms with E-state index in [9.17, 15) is 0 Å². The molecule has 4 rings (SSSR count). The van der Waals surface area contributed by atoms with Crippen molar-refractivity contribution in [1.29, 1.82) is 0 Å². The Morgan fingerprint density at radius 2 is 1.81 bits per heavy atom. The van der Waals surface area contributed by atoms with Gasteiger partial charge in [0, 0.05) is 24.7 Å². The van der Waals surface area contributed by atoms with Gasteiger partial charge in [-0.25, -0.2) is 4.68 Å². The van der Waals surface area contributed by atoms with Gasteiger partial charge >= 0.3 is 0 Å². The standard InChI is InChI=1S/C21H29ClN4/c1-17-20(21(22)26(23-17)14-18-8-3-2-4-9-18)16-25-13-7-10-19(25)15-24-11-5-6-12-24/h2-4,8-9,19H,5-7,10-16H2,1H3.